The Labute approximate surface area is 97.9 Å². The van der Waals surface area contributed by atoms with Gasteiger partial charge in [-0.1, -0.05) is 17.7 Å². The molecule has 0 radical (unpaired) electrons. The minimum absolute atomic E-state index is 0.0656. The van der Waals surface area contributed by atoms with E-state index in [9.17, 15) is 4.39 Å². The van der Waals surface area contributed by atoms with Crippen molar-refractivity contribution in [2.45, 2.75) is 6.42 Å². The zero-order valence-electron chi connectivity index (χ0n) is 8.53. The van der Waals surface area contributed by atoms with E-state index in [0.29, 0.717) is 11.8 Å². The summed E-state index contributed by atoms with van der Waals surface area (Å²) < 4.78 is 13.3. The quantitative estimate of drug-likeness (QED) is 0.689. The lowest BCUT2D eigenvalue weighted by atomic mass is 9.98. The second-order valence-corrected chi connectivity index (χ2v) is 4.60. The topological polar surface area (TPSA) is 25.2 Å². The molecule has 3 rings (SSSR count). The third-order valence-electron chi connectivity index (χ3n) is 3.20. The van der Waals surface area contributed by atoms with E-state index in [0.717, 1.165) is 24.1 Å². The van der Waals surface area contributed by atoms with Gasteiger partial charge in [-0.25, -0.2) is 9.37 Å². The number of allylic oxidation sites excluding steroid dienone is 2. The summed E-state index contributed by atoms with van der Waals surface area (Å²) >= 11 is 5.56. The Hall–Kier alpha value is -1.22. The van der Waals surface area contributed by atoms with Crippen molar-refractivity contribution in [1.82, 2.24) is 4.98 Å². The van der Waals surface area contributed by atoms with E-state index in [1.54, 1.807) is 6.20 Å². The van der Waals surface area contributed by atoms with Crippen LogP contribution in [0.15, 0.2) is 23.3 Å². The number of hydrogen-bond donors (Lipinski definition) is 0. The normalized spacial score (nSPS) is 27.0. The van der Waals surface area contributed by atoms with Gasteiger partial charge in [0.2, 0.25) is 0 Å². The molecule has 1 aliphatic heterocycles. The maximum absolute atomic E-state index is 13.3. The van der Waals surface area contributed by atoms with Crippen LogP contribution in [0.3, 0.4) is 0 Å². The highest BCUT2D eigenvalue weighted by Crippen LogP contribution is 2.38. The molecular weight excluding hydrogens is 227 g/mol. The smallest absolute Gasteiger partial charge is 0.164 e. The van der Waals surface area contributed by atoms with Crippen LogP contribution in [0.4, 0.5) is 4.39 Å². The molecule has 0 bridgehead atoms. The van der Waals surface area contributed by atoms with Gasteiger partial charge in [0.25, 0.3) is 0 Å². The molecule has 0 spiro atoms. The predicted octanol–water partition coefficient (Wildman–Crippen LogP) is 2.98. The van der Waals surface area contributed by atoms with Gasteiger partial charge in [-0.3, -0.25) is 4.99 Å². The van der Waals surface area contributed by atoms with Crippen molar-refractivity contribution in [3.05, 3.63) is 34.9 Å². The third kappa shape index (κ3) is 1.55. The van der Waals surface area contributed by atoms with Gasteiger partial charge in [0.1, 0.15) is 0 Å². The number of nitrogens with zero attached hydrogens (tertiary/aromatic N) is 2. The van der Waals surface area contributed by atoms with Crippen molar-refractivity contribution in [1.29, 1.82) is 0 Å². The summed E-state index contributed by atoms with van der Waals surface area (Å²) in [7, 11) is 0. The predicted molar refractivity (Wildman–Crippen MR) is 62.1 cm³/mol. The first-order valence-electron chi connectivity index (χ1n) is 5.26. The molecular formula is C12H10ClFN2. The molecule has 1 aromatic rings. The molecule has 0 amide bonds. The van der Waals surface area contributed by atoms with Crippen LogP contribution in [0.1, 0.15) is 12.0 Å². The molecule has 0 fully saturated rings. The van der Waals surface area contributed by atoms with E-state index < -0.39 is 5.82 Å². The second kappa shape index (κ2) is 3.67. The number of fused-ring (bicyclic) bond motifs is 1. The summed E-state index contributed by atoms with van der Waals surface area (Å²) in [5.41, 5.74) is 1.99. The van der Waals surface area contributed by atoms with Gasteiger partial charge in [0.05, 0.1) is 0 Å². The summed E-state index contributed by atoms with van der Waals surface area (Å²) in [5, 5.41) is -0.0656. The first-order chi connectivity index (χ1) is 7.74. The minimum Gasteiger partial charge on any atom is -0.297 e. The Morgan fingerprint density at radius 2 is 2.31 bits per heavy atom. The third-order valence-corrected chi connectivity index (χ3v) is 3.48. The number of aliphatic imine (C=N–C) groups is 1. The van der Waals surface area contributed by atoms with Crippen molar-refractivity contribution in [3.63, 3.8) is 0 Å². The van der Waals surface area contributed by atoms with E-state index in [1.165, 1.54) is 6.07 Å². The molecule has 2 atom stereocenters. The SMILES string of the molecule is Fc1cc(C2=C[C@H]3C=NC[C@H]3C2)cnc1Cl. The zero-order chi connectivity index (χ0) is 11.1. The largest absolute Gasteiger partial charge is 0.297 e. The number of halogens is 2. The number of rotatable bonds is 1. The Balaban J connectivity index is 1.93. The van der Waals surface area contributed by atoms with E-state index in [2.05, 4.69) is 16.1 Å². The lowest BCUT2D eigenvalue weighted by Crippen LogP contribution is -2.04. The monoisotopic (exact) mass is 236 g/mol. The zero-order valence-corrected chi connectivity index (χ0v) is 9.28. The number of pyridine rings is 1. The summed E-state index contributed by atoms with van der Waals surface area (Å²) in [5.74, 6) is 0.535. The minimum atomic E-state index is -0.453. The molecule has 2 heterocycles. The van der Waals surface area contributed by atoms with Crippen molar-refractivity contribution >= 4 is 23.4 Å². The number of hydrogen-bond acceptors (Lipinski definition) is 2. The average molecular weight is 237 g/mol. The molecule has 82 valence electrons. The molecule has 2 nitrogen and oxygen atoms in total. The van der Waals surface area contributed by atoms with Crippen molar-refractivity contribution in [3.8, 4) is 0 Å². The molecule has 0 saturated carbocycles. The van der Waals surface area contributed by atoms with E-state index in [4.69, 9.17) is 11.6 Å². The molecule has 16 heavy (non-hydrogen) atoms. The Morgan fingerprint density at radius 3 is 3.06 bits per heavy atom. The maximum atomic E-state index is 13.3. The molecule has 0 N–H and O–H groups in total. The molecule has 2 aliphatic rings. The molecule has 0 aromatic carbocycles. The lowest BCUT2D eigenvalue weighted by Gasteiger charge is -2.06. The van der Waals surface area contributed by atoms with E-state index in [-0.39, 0.29) is 5.15 Å². The standard InChI is InChI=1S/C12H10ClFN2/c13-12-11(14)3-10(6-16-12)7-1-8-4-15-5-9(8)2-7/h1,3-4,6,8-9H,2,5H2/t8-,9+/m0/s1. The highest BCUT2D eigenvalue weighted by Gasteiger charge is 2.29. The lowest BCUT2D eigenvalue weighted by molar-refractivity contribution is 0.564. The maximum Gasteiger partial charge on any atom is 0.164 e. The van der Waals surface area contributed by atoms with Crippen LogP contribution in [0, 0.1) is 17.7 Å². The van der Waals surface area contributed by atoms with Gasteiger partial charge in [-0.2, -0.15) is 0 Å². The molecule has 0 unspecified atom stereocenters. The second-order valence-electron chi connectivity index (χ2n) is 4.24. The van der Waals surface area contributed by atoms with Gasteiger partial charge in [0.15, 0.2) is 11.0 Å². The Morgan fingerprint density at radius 1 is 1.44 bits per heavy atom. The molecule has 1 aromatic heterocycles. The van der Waals surface area contributed by atoms with Crippen LogP contribution in [0.2, 0.25) is 5.15 Å². The summed E-state index contributed by atoms with van der Waals surface area (Å²) in [4.78, 5) is 8.08. The fourth-order valence-corrected chi connectivity index (χ4v) is 2.44. The van der Waals surface area contributed by atoms with Gasteiger partial charge in [-0.05, 0) is 29.5 Å². The Bertz CT molecular complexity index is 496. The van der Waals surface area contributed by atoms with Crippen LogP contribution < -0.4 is 0 Å². The van der Waals surface area contributed by atoms with Gasteiger partial charge in [0, 0.05) is 24.9 Å². The highest BCUT2D eigenvalue weighted by atomic mass is 35.5. The first-order valence-corrected chi connectivity index (χ1v) is 5.64. The van der Waals surface area contributed by atoms with Gasteiger partial charge in [-0.15, -0.1) is 0 Å². The van der Waals surface area contributed by atoms with Crippen LogP contribution in [0.5, 0.6) is 0 Å². The number of aromatic nitrogens is 1. The fourth-order valence-electron chi connectivity index (χ4n) is 2.33. The van der Waals surface area contributed by atoms with Crippen molar-refractivity contribution in [2.75, 3.05) is 6.54 Å². The van der Waals surface area contributed by atoms with E-state index in [1.807, 2.05) is 6.21 Å². The van der Waals surface area contributed by atoms with Crippen molar-refractivity contribution < 1.29 is 4.39 Å². The summed E-state index contributed by atoms with van der Waals surface area (Å²) in [6, 6.07) is 1.46. The highest BCUT2D eigenvalue weighted by molar-refractivity contribution is 6.29. The van der Waals surface area contributed by atoms with Crippen LogP contribution >= 0.6 is 11.6 Å². The molecule has 0 saturated heterocycles. The van der Waals surface area contributed by atoms with Gasteiger partial charge < -0.3 is 0 Å². The van der Waals surface area contributed by atoms with E-state index >= 15 is 0 Å². The Kier molecular flexibility index (Phi) is 2.28. The van der Waals surface area contributed by atoms with Crippen LogP contribution in [-0.2, 0) is 0 Å². The molecule has 1 aliphatic carbocycles. The summed E-state index contributed by atoms with van der Waals surface area (Å²) in [6.45, 7) is 0.883. The molecule has 4 heteroatoms. The van der Waals surface area contributed by atoms with Crippen molar-refractivity contribution in [2.24, 2.45) is 16.8 Å². The first kappa shape index (κ1) is 9.97. The van der Waals surface area contributed by atoms with Crippen LogP contribution in [0.25, 0.3) is 5.57 Å². The van der Waals surface area contributed by atoms with Crippen LogP contribution in [-0.4, -0.2) is 17.7 Å². The average Bonchev–Trinajstić information content (AvgIpc) is 2.81. The fraction of sp³-hybridized carbons (Fsp3) is 0.333. The van der Waals surface area contributed by atoms with Gasteiger partial charge >= 0.3 is 0 Å². The summed E-state index contributed by atoms with van der Waals surface area (Å²) in [6.07, 6.45) is 6.73.